The van der Waals surface area contributed by atoms with Crippen molar-refractivity contribution < 1.29 is 17.6 Å². The zero-order valence-electron chi connectivity index (χ0n) is 9.76. The maximum atomic E-state index is 13.2. The molecule has 1 N–H and O–H groups in total. The molecule has 0 saturated carbocycles. The Hall–Kier alpha value is -2.11. The van der Waals surface area contributed by atoms with Crippen LogP contribution in [0.5, 0.6) is 0 Å². The first-order valence-corrected chi connectivity index (χ1v) is 5.54. The fraction of sp³-hybridized carbons (Fsp3) is 0.154. The first kappa shape index (κ1) is 13.3. The third-order valence-corrected chi connectivity index (χ3v) is 2.44. The van der Waals surface area contributed by atoms with Crippen LogP contribution in [-0.2, 0) is 6.42 Å². The van der Waals surface area contributed by atoms with Crippen molar-refractivity contribution >= 4 is 5.82 Å². The second-order valence-electron chi connectivity index (χ2n) is 3.94. The van der Waals surface area contributed by atoms with E-state index in [0.717, 1.165) is 12.3 Å². The number of nitrogens with one attached hydrogen (secondary N) is 1. The van der Waals surface area contributed by atoms with E-state index in [4.69, 9.17) is 0 Å². The highest BCUT2D eigenvalue weighted by Crippen LogP contribution is 2.12. The molecule has 0 fully saturated rings. The molecule has 2 nitrogen and oxygen atoms in total. The summed E-state index contributed by atoms with van der Waals surface area (Å²) >= 11 is 0. The highest BCUT2D eigenvalue weighted by molar-refractivity contribution is 5.36. The Morgan fingerprint density at radius 1 is 0.895 bits per heavy atom. The van der Waals surface area contributed by atoms with Crippen LogP contribution in [-0.4, -0.2) is 11.5 Å². The SMILES string of the molecule is Fc1cc(F)cc(CCNc2ncc(F)cc2F)c1. The van der Waals surface area contributed by atoms with Crippen molar-refractivity contribution in [3.8, 4) is 0 Å². The number of halogens is 4. The molecule has 0 radical (unpaired) electrons. The van der Waals surface area contributed by atoms with E-state index in [1.807, 2.05) is 0 Å². The van der Waals surface area contributed by atoms with Crippen LogP contribution in [0.4, 0.5) is 23.4 Å². The molecule has 19 heavy (non-hydrogen) atoms. The molecule has 0 spiro atoms. The van der Waals surface area contributed by atoms with E-state index in [1.165, 1.54) is 12.1 Å². The smallest absolute Gasteiger partial charge is 0.168 e. The second kappa shape index (κ2) is 5.69. The summed E-state index contributed by atoms with van der Waals surface area (Å²) in [6.07, 6.45) is 1.17. The molecule has 0 aliphatic rings. The summed E-state index contributed by atoms with van der Waals surface area (Å²) in [5, 5.41) is 2.63. The topological polar surface area (TPSA) is 24.9 Å². The van der Waals surface area contributed by atoms with Crippen LogP contribution in [0, 0.1) is 23.3 Å². The minimum Gasteiger partial charge on any atom is -0.367 e. The molecule has 100 valence electrons. The van der Waals surface area contributed by atoms with Gasteiger partial charge in [-0.25, -0.2) is 22.5 Å². The molecule has 0 unspecified atom stereocenters. The van der Waals surface area contributed by atoms with Crippen LogP contribution in [0.15, 0.2) is 30.5 Å². The second-order valence-corrected chi connectivity index (χ2v) is 3.94. The van der Waals surface area contributed by atoms with E-state index >= 15 is 0 Å². The lowest BCUT2D eigenvalue weighted by molar-refractivity contribution is 0.574. The average molecular weight is 270 g/mol. The van der Waals surface area contributed by atoms with Gasteiger partial charge >= 0.3 is 0 Å². The fourth-order valence-electron chi connectivity index (χ4n) is 1.63. The van der Waals surface area contributed by atoms with Crippen molar-refractivity contribution in [1.82, 2.24) is 4.98 Å². The van der Waals surface area contributed by atoms with Crippen LogP contribution in [0.25, 0.3) is 0 Å². The lowest BCUT2D eigenvalue weighted by Crippen LogP contribution is -2.08. The van der Waals surface area contributed by atoms with E-state index < -0.39 is 23.3 Å². The van der Waals surface area contributed by atoms with Gasteiger partial charge in [0, 0.05) is 18.7 Å². The maximum absolute atomic E-state index is 13.2. The average Bonchev–Trinajstić information content (AvgIpc) is 2.30. The Kier molecular flexibility index (Phi) is 3.99. The van der Waals surface area contributed by atoms with E-state index in [2.05, 4.69) is 10.3 Å². The van der Waals surface area contributed by atoms with E-state index in [-0.39, 0.29) is 18.8 Å². The highest BCUT2D eigenvalue weighted by Gasteiger charge is 2.05. The van der Waals surface area contributed by atoms with Gasteiger partial charge in [0.05, 0.1) is 6.20 Å². The summed E-state index contributed by atoms with van der Waals surface area (Å²) in [5.41, 5.74) is 0.438. The monoisotopic (exact) mass is 270 g/mol. The Labute approximate surface area is 107 Å². The van der Waals surface area contributed by atoms with Crippen molar-refractivity contribution in [3.63, 3.8) is 0 Å². The van der Waals surface area contributed by atoms with Crippen LogP contribution >= 0.6 is 0 Å². The van der Waals surface area contributed by atoms with Crippen molar-refractivity contribution in [1.29, 1.82) is 0 Å². The molecule has 0 aliphatic carbocycles. The van der Waals surface area contributed by atoms with Gasteiger partial charge in [-0.05, 0) is 24.1 Å². The largest absolute Gasteiger partial charge is 0.367 e. The van der Waals surface area contributed by atoms with Gasteiger partial charge in [0.1, 0.15) is 17.5 Å². The molecule has 0 saturated heterocycles. The Bertz CT molecular complexity index is 567. The molecule has 0 bridgehead atoms. The number of pyridine rings is 1. The van der Waals surface area contributed by atoms with Crippen molar-refractivity contribution in [2.75, 3.05) is 11.9 Å². The molecule has 1 heterocycles. The molecule has 0 amide bonds. The maximum Gasteiger partial charge on any atom is 0.168 e. The minimum atomic E-state index is -0.814. The quantitative estimate of drug-likeness (QED) is 0.862. The van der Waals surface area contributed by atoms with Crippen molar-refractivity contribution in [2.45, 2.75) is 6.42 Å². The minimum absolute atomic E-state index is 0.0988. The van der Waals surface area contributed by atoms with Gasteiger partial charge in [0.2, 0.25) is 0 Å². The number of rotatable bonds is 4. The van der Waals surface area contributed by atoms with Crippen LogP contribution < -0.4 is 5.32 Å². The molecule has 2 rings (SSSR count). The van der Waals surface area contributed by atoms with E-state index in [9.17, 15) is 17.6 Å². The zero-order valence-corrected chi connectivity index (χ0v) is 9.76. The predicted molar refractivity (Wildman–Crippen MR) is 62.7 cm³/mol. The summed E-state index contributed by atoms with van der Waals surface area (Å²) in [5.74, 6) is -3.01. The highest BCUT2D eigenvalue weighted by atomic mass is 19.1. The Balaban J connectivity index is 1.96. The van der Waals surface area contributed by atoms with Gasteiger partial charge in [-0.2, -0.15) is 0 Å². The van der Waals surface area contributed by atoms with E-state index in [1.54, 1.807) is 0 Å². The van der Waals surface area contributed by atoms with Crippen molar-refractivity contribution in [2.24, 2.45) is 0 Å². The van der Waals surface area contributed by atoms with Gasteiger partial charge < -0.3 is 5.32 Å². The summed E-state index contributed by atoms with van der Waals surface area (Å²) in [6, 6.07) is 3.87. The normalized spacial score (nSPS) is 10.5. The number of anilines is 1. The first-order chi connectivity index (χ1) is 9.04. The summed E-state index contributed by atoms with van der Waals surface area (Å²) < 4.78 is 51.7. The number of hydrogen-bond donors (Lipinski definition) is 1. The number of hydrogen-bond acceptors (Lipinski definition) is 2. The molecule has 0 aliphatic heterocycles. The van der Waals surface area contributed by atoms with Gasteiger partial charge in [-0.15, -0.1) is 0 Å². The number of benzene rings is 1. The van der Waals surface area contributed by atoms with Gasteiger partial charge in [-0.3, -0.25) is 0 Å². The zero-order chi connectivity index (χ0) is 13.8. The van der Waals surface area contributed by atoms with Crippen LogP contribution in [0.2, 0.25) is 0 Å². The summed E-state index contributed by atoms with van der Waals surface area (Å²) in [6.45, 7) is 0.221. The van der Waals surface area contributed by atoms with Gasteiger partial charge in [0.15, 0.2) is 11.6 Å². The van der Waals surface area contributed by atoms with Crippen molar-refractivity contribution in [3.05, 3.63) is 59.3 Å². The fourth-order valence-corrected chi connectivity index (χ4v) is 1.63. The molecule has 6 heteroatoms. The standard InChI is InChI=1S/C13H10F4N2/c14-9-3-8(4-10(15)5-9)1-2-18-13-12(17)6-11(16)7-19-13/h3-7H,1-2H2,(H,18,19). The van der Waals surface area contributed by atoms with Gasteiger partial charge in [0.25, 0.3) is 0 Å². The molecular weight excluding hydrogens is 260 g/mol. The Morgan fingerprint density at radius 3 is 2.21 bits per heavy atom. The number of aromatic nitrogens is 1. The molecular formula is C13H10F4N2. The molecule has 0 atom stereocenters. The lowest BCUT2D eigenvalue weighted by Gasteiger charge is -2.07. The third-order valence-electron chi connectivity index (χ3n) is 2.44. The van der Waals surface area contributed by atoms with Crippen LogP contribution in [0.1, 0.15) is 5.56 Å². The van der Waals surface area contributed by atoms with E-state index in [0.29, 0.717) is 11.6 Å². The summed E-state index contributed by atoms with van der Waals surface area (Å²) in [4.78, 5) is 3.53. The Morgan fingerprint density at radius 2 is 1.58 bits per heavy atom. The van der Waals surface area contributed by atoms with Gasteiger partial charge in [-0.1, -0.05) is 0 Å². The predicted octanol–water partition coefficient (Wildman–Crippen LogP) is 3.29. The van der Waals surface area contributed by atoms with Crippen LogP contribution in [0.3, 0.4) is 0 Å². The summed E-state index contributed by atoms with van der Waals surface area (Å²) in [7, 11) is 0. The molecule has 2 aromatic rings. The first-order valence-electron chi connectivity index (χ1n) is 5.54. The molecule has 1 aromatic heterocycles. The third kappa shape index (κ3) is 3.67. The lowest BCUT2D eigenvalue weighted by atomic mass is 10.1. The number of nitrogens with zero attached hydrogens (tertiary/aromatic N) is 1. The molecule has 1 aromatic carbocycles.